The lowest BCUT2D eigenvalue weighted by atomic mass is 9.99. The van der Waals surface area contributed by atoms with Gasteiger partial charge >= 0.3 is 0 Å². The van der Waals surface area contributed by atoms with Crippen molar-refractivity contribution >= 4 is 37.6 Å². The second kappa shape index (κ2) is 7.23. The minimum Gasteiger partial charge on any atom is -0.492 e. The highest BCUT2D eigenvalue weighted by Gasteiger charge is 2.14. The normalized spacial score (nSPS) is 10.5. The number of rotatable bonds is 5. The highest BCUT2D eigenvalue weighted by molar-refractivity contribution is 9.10. The molecule has 0 atom stereocenters. The van der Waals surface area contributed by atoms with Crippen LogP contribution in [0.5, 0.6) is 5.75 Å². The number of aryl methyl sites for hydroxylation is 1. The van der Waals surface area contributed by atoms with Gasteiger partial charge in [0.2, 0.25) is 0 Å². The molecular weight excluding hydrogens is 396 g/mol. The van der Waals surface area contributed by atoms with Gasteiger partial charge in [0.05, 0.1) is 11.1 Å². The van der Waals surface area contributed by atoms with Crippen LogP contribution in [0.15, 0.2) is 45.3 Å². The predicted octanol–water partition coefficient (Wildman–Crippen LogP) is 5.54. The first kappa shape index (κ1) is 16.2. The van der Waals surface area contributed by atoms with E-state index >= 15 is 0 Å². The van der Waals surface area contributed by atoms with Crippen LogP contribution < -0.4 is 4.74 Å². The topological polar surface area (TPSA) is 26.3 Å². The predicted molar refractivity (Wildman–Crippen MR) is 92.2 cm³/mol. The summed E-state index contributed by atoms with van der Waals surface area (Å²) in [6, 6.07) is 11.2. The molecule has 21 heavy (non-hydrogen) atoms. The molecule has 0 aliphatic heterocycles. The minimum atomic E-state index is 0.0107. The Hall–Kier alpha value is -1.13. The van der Waals surface area contributed by atoms with Crippen molar-refractivity contribution in [2.75, 3.05) is 6.61 Å². The molecule has 2 rings (SSSR count). The average Bonchev–Trinajstić information content (AvgIpc) is 2.47. The van der Waals surface area contributed by atoms with Crippen LogP contribution in [0.25, 0.3) is 0 Å². The largest absolute Gasteiger partial charge is 0.492 e. The molecule has 0 spiro atoms. The summed E-state index contributed by atoms with van der Waals surface area (Å²) in [5.74, 6) is 0.774. The molecule has 0 amide bonds. The zero-order valence-corrected chi connectivity index (χ0v) is 15.1. The first-order valence-electron chi connectivity index (χ1n) is 6.76. The van der Waals surface area contributed by atoms with E-state index in [0.717, 1.165) is 26.7 Å². The Labute approximate surface area is 141 Å². The number of ketones is 1. The zero-order valence-electron chi connectivity index (χ0n) is 12.0. The zero-order chi connectivity index (χ0) is 15.4. The Morgan fingerprint density at radius 3 is 2.57 bits per heavy atom. The third-order valence-corrected chi connectivity index (χ3v) is 4.21. The maximum Gasteiger partial charge on any atom is 0.193 e. The summed E-state index contributed by atoms with van der Waals surface area (Å²) >= 11 is 6.87. The van der Waals surface area contributed by atoms with Gasteiger partial charge in [0, 0.05) is 15.6 Å². The first-order chi connectivity index (χ1) is 10.0. The quantitative estimate of drug-likeness (QED) is 0.603. The van der Waals surface area contributed by atoms with E-state index < -0.39 is 0 Å². The van der Waals surface area contributed by atoms with Crippen molar-refractivity contribution < 1.29 is 9.53 Å². The van der Waals surface area contributed by atoms with Crippen LogP contribution in [-0.4, -0.2) is 12.4 Å². The Kier molecular flexibility index (Phi) is 5.59. The van der Waals surface area contributed by atoms with Crippen molar-refractivity contribution in [3.05, 3.63) is 62.0 Å². The van der Waals surface area contributed by atoms with Gasteiger partial charge in [-0.05, 0) is 65.2 Å². The molecule has 110 valence electrons. The van der Waals surface area contributed by atoms with E-state index in [4.69, 9.17) is 4.74 Å². The number of carbonyl (C=O) groups is 1. The van der Waals surface area contributed by atoms with Crippen molar-refractivity contribution in [3.63, 3.8) is 0 Å². The van der Waals surface area contributed by atoms with Crippen LogP contribution in [0.3, 0.4) is 0 Å². The molecule has 4 heteroatoms. The SMILES string of the molecule is CCCOc1ccc(C(=O)c2cc(Br)ccc2C)cc1Br. The number of carbonyl (C=O) groups excluding carboxylic acids is 1. The van der Waals surface area contributed by atoms with E-state index in [0.29, 0.717) is 17.7 Å². The molecule has 0 N–H and O–H groups in total. The van der Waals surface area contributed by atoms with E-state index in [-0.39, 0.29) is 5.78 Å². The molecule has 2 aromatic rings. The fourth-order valence-corrected chi connectivity index (χ4v) is 2.82. The highest BCUT2D eigenvalue weighted by Crippen LogP contribution is 2.28. The van der Waals surface area contributed by atoms with Crippen LogP contribution in [0.4, 0.5) is 0 Å². The summed E-state index contributed by atoms with van der Waals surface area (Å²) in [5.41, 5.74) is 2.32. The van der Waals surface area contributed by atoms with Gasteiger partial charge in [-0.1, -0.05) is 28.9 Å². The Morgan fingerprint density at radius 2 is 1.90 bits per heavy atom. The standard InChI is InChI=1S/C17H16Br2O2/c1-3-8-21-16-7-5-12(9-15(16)19)17(20)14-10-13(18)6-4-11(14)2/h4-7,9-10H,3,8H2,1-2H3. The van der Waals surface area contributed by atoms with E-state index in [1.165, 1.54) is 0 Å². The van der Waals surface area contributed by atoms with Gasteiger partial charge in [0.15, 0.2) is 5.78 Å². The van der Waals surface area contributed by atoms with Crippen LogP contribution in [-0.2, 0) is 0 Å². The number of ether oxygens (including phenoxy) is 1. The number of halogens is 2. The summed E-state index contributed by atoms with van der Waals surface area (Å²) in [6.07, 6.45) is 0.949. The lowest BCUT2D eigenvalue weighted by molar-refractivity contribution is 0.103. The van der Waals surface area contributed by atoms with Gasteiger partial charge in [-0.15, -0.1) is 0 Å². The molecular formula is C17H16Br2O2. The lowest BCUT2D eigenvalue weighted by Crippen LogP contribution is -2.04. The average molecular weight is 412 g/mol. The third-order valence-electron chi connectivity index (χ3n) is 3.10. The number of benzene rings is 2. The van der Waals surface area contributed by atoms with E-state index in [1.807, 2.05) is 37.3 Å². The maximum atomic E-state index is 12.6. The van der Waals surface area contributed by atoms with Gasteiger partial charge in [-0.25, -0.2) is 0 Å². The monoisotopic (exact) mass is 410 g/mol. The second-order valence-electron chi connectivity index (χ2n) is 4.78. The third kappa shape index (κ3) is 3.95. The van der Waals surface area contributed by atoms with Gasteiger partial charge in [-0.2, -0.15) is 0 Å². The van der Waals surface area contributed by atoms with Gasteiger partial charge in [0.25, 0.3) is 0 Å². The minimum absolute atomic E-state index is 0.0107. The highest BCUT2D eigenvalue weighted by atomic mass is 79.9. The van der Waals surface area contributed by atoms with Gasteiger partial charge in [0.1, 0.15) is 5.75 Å². The van der Waals surface area contributed by atoms with Crippen LogP contribution >= 0.6 is 31.9 Å². The lowest BCUT2D eigenvalue weighted by Gasteiger charge is -2.10. The molecule has 2 nitrogen and oxygen atoms in total. The van der Waals surface area contributed by atoms with E-state index in [1.54, 1.807) is 6.07 Å². The first-order valence-corrected chi connectivity index (χ1v) is 8.34. The number of hydrogen-bond donors (Lipinski definition) is 0. The van der Waals surface area contributed by atoms with Gasteiger partial charge < -0.3 is 4.74 Å². The van der Waals surface area contributed by atoms with Crippen molar-refractivity contribution in [2.45, 2.75) is 20.3 Å². The van der Waals surface area contributed by atoms with Crippen LogP contribution in [0.1, 0.15) is 34.8 Å². The molecule has 0 fully saturated rings. The van der Waals surface area contributed by atoms with Crippen molar-refractivity contribution in [2.24, 2.45) is 0 Å². The molecule has 0 aromatic heterocycles. The van der Waals surface area contributed by atoms with Crippen LogP contribution in [0, 0.1) is 6.92 Å². The summed E-state index contributed by atoms with van der Waals surface area (Å²) < 4.78 is 7.31. The molecule has 0 radical (unpaired) electrons. The van der Waals surface area contributed by atoms with Crippen molar-refractivity contribution in [1.29, 1.82) is 0 Å². The summed E-state index contributed by atoms with van der Waals surface area (Å²) in [6.45, 7) is 4.66. The second-order valence-corrected chi connectivity index (χ2v) is 6.55. The van der Waals surface area contributed by atoms with Crippen molar-refractivity contribution in [1.82, 2.24) is 0 Å². The Morgan fingerprint density at radius 1 is 1.14 bits per heavy atom. The molecule has 0 bridgehead atoms. The number of hydrogen-bond acceptors (Lipinski definition) is 2. The Bertz CT molecular complexity index is 666. The summed E-state index contributed by atoms with van der Waals surface area (Å²) in [5, 5.41) is 0. The maximum absolute atomic E-state index is 12.6. The van der Waals surface area contributed by atoms with Crippen molar-refractivity contribution in [3.8, 4) is 5.75 Å². The summed E-state index contributed by atoms with van der Waals surface area (Å²) in [4.78, 5) is 12.6. The molecule has 2 aromatic carbocycles. The van der Waals surface area contributed by atoms with Gasteiger partial charge in [-0.3, -0.25) is 4.79 Å². The molecule has 0 unspecified atom stereocenters. The molecule has 0 aliphatic rings. The summed E-state index contributed by atoms with van der Waals surface area (Å²) in [7, 11) is 0. The fourth-order valence-electron chi connectivity index (χ4n) is 1.97. The molecule has 0 aliphatic carbocycles. The Balaban J connectivity index is 2.31. The van der Waals surface area contributed by atoms with E-state index in [2.05, 4.69) is 38.8 Å². The van der Waals surface area contributed by atoms with E-state index in [9.17, 15) is 4.79 Å². The molecule has 0 saturated carbocycles. The molecule has 0 heterocycles. The fraction of sp³-hybridized carbons (Fsp3) is 0.235. The molecule has 0 saturated heterocycles. The van der Waals surface area contributed by atoms with Crippen LogP contribution in [0.2, 0.25) is 0 Å². The smallest absolute Gasteiger partial charge is 0.193 e.